The number of thioether (sulfide) groups is 1. The van der Waals surface area contributed by atoms with Crippen molar-refractivity contribution in [2.75, 3.05) is 12.0 Å². The molecule has 1 amide bonds. The van der Waals surface area contributed by atoms with E-state index in [2.05, 4.69) is 23.8 Å². The quantitative estimate of drug-likeness (QED) is 0.0457. The number of carbonyl (C=O) groups is 1. The van der Waals surface area contributed by atoms with Crippen molar-refractivity contribution in [2.45, 2.75) is 71.8 Å². The molecule has 4 aromatic carbocycles. The molecule has 0 saturated heterocycles. The molecule has 51 heavy (non-hydrogen) atoms. The predicted octanol–water partition coefficient (Wildman–Crippen LogP) is 8.04. The van der Waals surface area contributed by atoms with Gasteiger partial charge < -0.3 is 42.4 Å². The maximum atomic E-state index is 11.0. The van der Waals surface area contributed by atoms with Gasteiger partial charge in [-0.25, -0.2) is 9.79 Å². The summed E-state index contributed by atoms with van der Waals surface area (Å²) >= 11 is 1.43. The lowest BCUT2D eigenvalue weighted by atomic mass is 9.78. The van der Waals surface area contributed by atoms with E-state index in [1.54, 1.807) is 55.5 Å². The Hall–Kier alpha value is -5.36. The summed E-state index contributed by atoms with van der Waals surface area (Å²) in [7, 11) is 0. The second-order valence-electron chi connectivity index (χ2n) is 13.7. The molecule has 12 heteroatoms. The van der Waals surface area contributed by atoms with Gasteiger partial charge in [-0.15, -0.1) is 11.8 Å². The number of nitrogens with zero attached hydrogens (tertiary/aromatic N) is 2. The SMILES string of the molecule is CC(C)(c1ccc(O)cc1)c1ccc(O)c(N)c1.CC(C)(c1ccc(O)cc1)c1ccc(O)c(N=C(N)N)c1.CSC(C)=NC(=O)OC(C)(C)C. The number of hydrogen-bond acceptors (Lipinski definition) is 9. The van der Waals surface area contributed by atoms with Crippen LogP contribution in [0.2, 0.25) is 0 Å². The molecule has 0 aliphatic rings. The van der Waals surface area contributed by atoms with Crippen LogP contribution in [0.15, 0.2) is 94.9 Å². The minimum Gasteiger partial charge on any atom is -0.508 e. The summed E-state index contributed by atoms with van der Waals surface area (Å²) in [5.41, 5.74) is 20.2. The van der Waals surface area contributed by atoms with Gasteiger partial charge in [0, 0.05) is 10.8 Å². The Kier molecular flexibility index (Phi) is 14.4. The van der Waals surface area contributed by atoms with Crippen molar-refractivity contribution in [1.82, 2.24) is 0 Å². The minimum atomic E-state index is -0.519. The van der Waals surface area contributed by atoms with E-state index in [0.29, 0.717) is 16.4 Å². The molecule has 0 fully saturated rings. The number of carbonyl (C=O) groups excluding carboxylic acids is 1. The number of benzene rings is 4. The lowest BCUT2D eigenvalue weighted by Crippen LogP contribution is -2.22. The van der Waals surface area contributed by atoms with Crippen LogP contribution < -0.4 is 17.2 Å². The molecule has 0 aliphatic carbocycles. The van der Waals surface area contributed by atoms with Crippen LogP contribution in [0.25, 0.3) is 0 Å². The molecule has 4 aromatic rings. The number of nitrogens with two attached hydrogens (primary N) is 3. The summed E-state index contributed by atoms with van der Waals surface area (Å²) in [6, 6.07) is 24.5. The number of nitrogen functional groups attached to an aromatic ring is 1. The maximum absolute atomic E-state index is 11.0. The number of aromatic hydroxyl groups is 4. The van der Waals surface area contributed by atoms with Crippen molar-refractivity contribution in [3.63, 3.8) is 0 Å². The van der Waals surface area contributed by atoms with E-state index in [1.165, 1.54) is 11.8 Å². The van der Waals surface area contributed by atoms with E-state index in [4.69, 9.17) is 21.9 Å². The van der Waals surface area contributed by atoms with E-state index in [-0.39, 0.29) is 39.8 Å². The summed E-state index contributed by atoms with van der Waals surface area (Å²) in [5, 5.41) is 38.7. The molecular formula is C39H51N5O6S. The summed E-state index contributed by atoms with van der Waals surface area (Å²) in [6.45, 7) is 15.5. The van der Waals surface area contributed by atoms with Gasteiger partial charge in [0.25, 0.3) is 0 Å². The second kappa shape index (κ2) is 17.5. The molecule has 274 valence electrons. The van der Waals surface area contributed by atoms with Crippen molar-refractivity contribution in [3.05, 3.63) is 107 Å². The van der Waals surface area contributed by atoms with Crippen molar-refractivity contribution in [1.29, 1.82) is 0 Å². The van der Waals surface area contributed by atoms with Crippen molar-refractivity contribution >= 4 is 40.2 Å². The molecule has 0 spiro atoms. The number of amides is 1. The minimum absolute atomic E-state index is 0.0219. The first-order chi connectivity index (χ1) is 23.6. The molecular weight excluding hydrogens is 667 g/mol. The highest BCUT2D eigenvalue weighted by Gasteiger charge is 2.25. The normalized spacial score (nSPS) is 11.7. The van der Waals surface area contributed by atoms with Crippen LogP contribution in [0.1, 0.15) is 77.6 Å². The Labute approximate surface area is 304 Å². The monoisotopic (exact) mass is 717 g/mol. The average molecular weight is 718 g/mol. The third-order valence-electron chi connectivity index (χ3n) is 7.81. The van der Waals surface area contributed by atoms with E-state index >= 15 is 0 Å². The molecule has 0 atom stereocenters. The number of aliphatic imine (C=N–C) groups is 2. The Morgan fingerprint density at radius 3 is 1.47 bits per heavy atom. The number of rotatable bonds is 5. The van der Waals surface area contributed by atoms with Crippen LogP contribution in [0, 0.1) is 0 Å². The Balaban J connectivity index is 0.000000276. The largest absolute Gasteiger partial charge is 0.508 e. The van der Waals surface area contributed by atoms with Crippen molar-refractivity contribution in [2.24, 2.45) is 21.5 Å². The summed E-state index contributed by atoms with van der Waals surface area (Å²) in [4.78, 5) is 18.6. The number of hydrogen-bond donors (Lipinski definition) is 7. The van der Waals surface area contributed by atoms with Crippen LogP contribution in [0.4, 0.5) is 16.2 Å². The van der Waals surface area contributed by atoms with Crippen molar-refractivity contribution in [3.8, 4) is 23.0 Å². The van der Waals surface area contributed by atoms with E-state index in [0.717, 1.165) is 22.3 Å². The van der Waals surface area contributed by atoms with E-state index in [1.807, 2.05) is 77.3 Å². The summed E-state index contributed by atoms with van der Waals surface area (Å²) in [6.07, 6.45) is 1.35. The Morgan fingerprint density at radius 2 is 1.08 bits per heavy atom. The van der Waals surface area contributed by atoms with Gasteiger partial charge in [0.15, 0.2) is 5.96 Å². The molecule has 0 unspecified atom stereocenters. The van der Waals surface area contributed by atoms with Gasteiger partial charge >= 0.3 is 6.09 Å². The zero-order chi connectivity index (χ0) is 38.7. The topological polar surface area (TPSA) is 210 Å². The van der Waals surface area contributed by atoms with Gasteiger partial charge in [-0.05, 0) is 105 Å². The fourth-order valence-electron chi connectivity index (χ4n) is 4.63. The predicted molar refractivity (Wildman–Crippen MR) is 209 cm³/mol. The molecule has 0 heterocycles. The molecule has 10 N–H and O–H groups in total. The molecule has 0 saturated carbocycles. The fraction of sp³-hybridized carbons (Fsp3) is 0.308. The lowest BCUT2D eigenvalue weighted by Gasteiger charge is -2.26. The molecule has 0 radical (unpaired) electrons. The number of phenolic OH excluding ortho intramolecular Hbond substituents is 4. The lowest BCUT2D eigenvalue weighted by molar-refractivity contribution is 0.0604. The van der Waals surface area contributed by atoms with E-state index in [9.17, 15) is 25.2 Å². The highest BCUT2D eigenvalue weighted by Crippen LogP contribution is 2.37. The van der Waals surface area contributed by atoms with Crippen LogP contribution in [0.3, 0.4) is 0 Å². The number of phenols is 4. The molecule has 4 rings (SSSR count). The van der Waals surface area contributed by atoms with Gasteiger partial charge in [-0.2, -0.15) is 4.99 Å². The standard InChI is InChI=1S/C16H19N3O2.C15H17NO2.C8H15NO2S/c1-16(2,10-3-6-12(20)7-4-10)11-5-8-14(21)13(9-11)19-15(17)18;1-15(2,10-3-6-12(17)7-4-10)11-5-8-14(18)13(16)9-11;1-6(12-5)9-7(10)11-8(2,3)4/h3-9,20-21H,1-2H3,(H4,17,18,19);3-9,17-18H,16H2,1-2H3;1-5H3. The first kappa shape index (κ1) is 41.8. The highest BCUT2D eigenvalue weighted by atomic mass is 32.2. The smallest absolute Gasteiger partial charge is 0.434 e. The third kappa shape index (κ3) is 12.8. The maximum Gasteiger partial charge on any atom is 0.434 e. The van der Waals surface area contributed by atoms with Crippen LogP contribution in [-0.2, 0) is 15.6 Å². The van der Waals surface area contributed by atoms with Crippen LogP contribution in [-0.4, -0.2) is 49.4 Å². The van der Waals surface area contributed by atoms with Gasteiger partial charge in [0.1, 0.15) is 34.3 Å². The van der Waals surface area contributed by atoms with Gasteiger partial charge in [0.05, 0.1) is 10.7 Å². The molecule has 0 aromatic heterocycles. The summed E-state index contributed by atoms with van der Waals surface area (Å²) in [5.74, 6) is 0.486. The first-order valence-corrected chi connectivity index (χ1v) is 17.2. The number of anilines is 1. The van der Waals surface area contributed by atoms with E-state index < -0.39 is 11.7 Å². The zero-order valence-corrected chi connectivity index (χ0v) is 31.5. The summed E-state index contributed by atoms with van der Waals surface area (Å²) < 4.78 is 4.97. The van der Waals surface area contributed by atoms with Crippen molar-refractivity contribution < 1.29 is 30.0 Å². The first-order valence-electron chi connectivity index (χ1n) is 16.0. The second-order valence-corrected chi connectivity index (χ2v) is 14.7. The third-order valence-corrected chi connectivity index (χ3v) is 8.49. The average Bonchev–Trinajstić information content (AvgIpc) is 3.03. The fourth-order valence-corrected chi connectivity index (χ4v) is 4.80. The zero-order valence-electron chi connectivity index (χ0n) is 30.7. The highest BCUT2D eigenvalue weighted by molar-refractivity contribution is 8.13. The van der Waals surface area contributed by atoms with Gasteiger partial charge in [-0.3, -0.25) is 0 Å². The molecule has 11 nitrogen and oxygen atoms in total. The van der Waals surface area contributed by atoms with Gasteiger partial charge in [0.2, 0.25) is 0 Å². The number of guanidine groups is 1. The molecule has 0 aliphatic heterocycles. The Morgan fingerprint density at radius 1 is 0.667 bits per heavy atom. The van der Waals surface area contributed by atoms with Crippen LogP contribution in [0.5, 0.6) is 23.0 Å². The van der Waals surface area contributed by atoms with Gasteiger partial charge in [-0.1, -0.05) is 64.1 Å². The number of ether oxygens (including phenoxy) is 1. The molecule has 0 bridgehead atoms. The Bertz CT molecular complexity index is 1830. The van der Waals surface area contributed by atoms with Crippen LogP contribution >= 0.6 is 11.8 Å².